The van der Waals surface area contributed by atoms with Crippen LogP contribution in [0, 0.1) is 5.41 Å². The molecule has 0 aromatic rings. The molecule has 1 saturated carbocycles. The summed E-state index contributed by atoms with van der Waals surface area (Å²) in [5.41, 5.74) is -0.209. The van der Waals surface area contributed by atoms with Crippen molar-refractivity contribution in [3.05, 3.63) is 0 Å². The van der Waals surface area contributed by atoms with Gasteiger partial charge in [-0.25, -0.2) is 0 Å². The zero-order chi connectivity index (χ0) is 17.1. The van der Waals surface area contributed by atoms with Crippen LogP contribution in [0.15, 0.2) is 0 Å². The topological polar surface area (TPSA) is 44.8 Å². The van der Waals surface area contributed by atoms with Crippen LogP contribution in [0.2, 0.25) is 18.1 Å². The minimum atomic E-state index is -1.64. The molecule has 0 aromatic heterocycles. The molecule has 0 unspecified atom stereocenters. The average Bonchev–Trinajstić information content (AvgIpc) is 2.98. The van der Waals surface area contributed by atoms with Crippen molar-refractivity contribution in [2.75, 3.05) is 19.8 Å². The Labute approximate surface area is 142 Å². The number of carbonyl (C=O) groups is 1. The van der Waals surface area contributed by atoms with E-state index in [2.05, 4.69) is 33.9 Å². The molecule has 1 saturated heterocycles. The van der Waals surface area contributed by atoms with Gasteiger partial charge in [-0.05, 0) is 50.2 Å². The normalized spacial score (nSPS) is 31.3. The molecule has 2 rings (SSSR count). The highest BCUT2D eigenvalue weighted by molar-refractivity contribution is 6.74. The van der Waals surface area contributed by atoms with Gasteiger partial charge in [-0.1, -0.05) is 20.8 Å². The van der Waals surface area contributed by atoms with Crippen molar-refractivity contribution in [2.24, 2.45) is 5.41 Å². The molecule has 0 amide bonds. The van der Waals surface area contributed by atoms with Crippen LogP contribution < -0.4 is 0 Å². The molecule has 0 N–H and O–H groups in total. The number of rotatable bonds is 8. The molecule has 2 aliphatic rings. The Bertz CT molecular complexity index is 404. The van der Waals surface area contributed by atoms with Crippen LogP contribution in [0.1, 0.15) is 52.9 Å². The predicted molar refractivity (Wildman–Crippen MR) is 94.2 cm³/mol. The van der Waals surface area contributed by atoms with Gasteiger partial charge in [0.15, 0.2) is 8.32 Å². The lowest BCUT2D eigenvalue weighted by Crippen LogP contribution is -2.41. The van der Waals surface area contributed by atoms with Gasteiger partial charge < -0.3 is 18.7 Å². The Morgan fingerprint density at radius 3 is 2.65 bits per heavy atom. The molecular formula is C18H34O4Si. The van der Waals surface area contributed by atoms with Crippen molar-refractivity contribution in [3.63, 3.8) is 0 Å². The van der Waals surface area contributed by atoms with Gasteiger partial charge in [0.1, 0.15) is 6.29 Å². The zero-order valence-electron chi connectivity index (χ0n) is 15.5. The first-order chi connectivity index (χ1) is 10.7. The third-order valence-corrected chi connectivity index (χ3v) is 10.5. The molecule has 23 heavy (non-hydrogen) atoms. The Kier molecular flexibility index (Phi) is 6.09. The summed E-state index contributed by atoms with van der Waals surface area (Å²) >= 11 is 0. The fraction of sp³-hybridized carbons (Fsp3) is 0.944. The van der Waals surface area contributed by atoms with Gasteiger partial charge >= 0.3 is 0 Å². The molecule has 3 atom stereocenters. The van der Waals surface area contributed by atoms with Crippen LogP contribution >= 0.6 is 0 Å². The van der Waals surface area contributed by atoms with E-state index in [1.807, 2.05) is 0 Å². The Hall–Kier alpha value is -0.233. The van der Waals surface area contributed by atoms with Crippen molar-refractivity contribution < 1.29 is 18.7 Å². The third kappa shape index (κ3) is 4.44. The van der Waals surface area contributed by atoms with Crippen molar-refractivity contribution >= 4 is 14.6 Å². The third-order valence-electron chi connectivity index (χ3n) is 5.95. The highest BCUT2D eigenvalue weighted by atomic mass is 28.4. The fourth-order valence-corrected chi connectivity index (χ4v) is 4.49. The van der Waals surface area contributed by atoms with Crippen molar-refractivity contribution in [2.45, 2.75) is 83.2 Å². The second-order valence-electron chi connectivity index (χ2n) is 8.73. The van der Waals surface area contributed by atoms with E-state index in [0.29, 0.717) is 13.2 Å². The average molecular weight is 343 g/mol. The van der Waals surface area contributed by atoms with E-state index in [1.54, 1.807) is 0 Å². The SMILES string of the molecule is CC(C)(C)[Si](C)(C)OCCCOC[C@@H]1C[C@]2(C=O)CCC[C@@H]2O1. The molecule has 134 valence electrons. The molecule has 2 fully saturated rings. The number of ether oxygens (including phenoxy) is 2. The van der Waals surface area contributed by atoms with E-state index in [1.165, 1.54) is 0 Å². The van der Waals surface area contributed by atoms with Gasteiger partial charge in [-0.2, -0.15) is 0 Å². The summed E-state index contributed by atoms with van der Waals surface area (Å²) in [4.78, 5) is 11.4. The molecular weight excluding hydrogens is 308 g/mol. The molecule has 1 aliphatic heterocycles. The quantitative estimate of drug-likeness (QED) is 0.381. The summed E-state index contributed by atoms with van der Waals surface area (Å²) in [5.74, 6) is 0. The van der Waals surface area contributed by atoms with Crippen LogP contribution in [-0.2, 0) is 18.7 Å². The van der Waals surface area contributed by atoms with Gasteiger partial charge in [-0.3, -0.25) is 0 Å². The number of hydrogen-bond acceptors (Lipinski definition) is 4. The highest BCUT2D eigenvalue weighted by Gasteiger charge is 2.51. The Morgan fingerprint density at radius 1 is 1.30 bits per heavy atom. The van der Waals surface area contributed by atoms with Crippen molar-refractivity contribution in [3.8, 4) is 0 Å². The van der Waals surface area contributed by atoms with E-state index >= 15 is 0 Å². The molecule has 0 bridgehead atoms. The molecule has 0 radical (unpaired) electrons. The minimum Gasteiger partial charge on any atom is -0.417 e. The van der Waals surface area contributed by atoms with Gasteiger partial charge in [-0.15, -0.1) is 0 Å². The Morgan fingerprint density at radius 2 is 2.04 bits per heavy atom. The highest BCUT2D eigenvalue weighted by Crippen LogP contribution is 2.48. The second-order valence-corrected chi connectivity index (χ2v) is 13.5. The lowest BCUT2D eigenvalue weighted by atomic mass is 9.83. The summed E-state index contributed by atoms with van der Waals surface area (Å²) in [6.45, 7) is 13.4. The lowest BCUT2D eigenvalue weighted by Gasteiger charge is -2.36. The molecule has 1 aliphatic carbocycles. The first-order valence-corrected chi connectivity index (χ1v) is 11.9. The van der Waals surface area contributed by atoms with E-state index < -0.39 is 8.32 Å². The van der Waals surface area contributed by atoms with Crippen LogP contribution in [0.5, 0.6) is 0 Å². The summed E-state index contributed by atoms with van der Waals surface area (Å²) in [6.07, 6.45) is 6.23. The van der Waals surface area contributed by atoms with Crippen LogP contribution in [0.3, 0.4) is 0 Å². The van der Waals surface area contributed by atoms with Gasteiger partial charge in [0.2, 0.25) is 0 Å². The summed E-state index contributed by atoms with van der Waals surface area (Å²) in [6, 6.07) is 0. The van der Waals surface area contributed by atoms with Crippen LogP contribution in [0.25, 0.3) is 0 Å². The second kappa shape index (κ2) is 7.34. The molecule has 1 heterocycles. The lowest BCUT2D eigenvalue weighted by molar-refractivity contribution is -0.117. The number of carbonyl (C=O) groups excluding carboxylic acids is 1. The molecule has 4 nitrogen and oxygen atoms in total. The summed E-state index contributed by atoms with van der Waals surface area (Å²) in [5, 5.41) is 0.256. The molecule has 0 spiro atoms. The van der Waals surface area contributed by atoms with Crippen LogP contribution in [0.4, 0.5) is 0 Å². The fourth-order valence-electron chi connectivity index (χ4n) is 3.41. The standard InChI is InChI=1S/C18H34O4Si/c1-17(2,3)23(4,5)21-11-7-10-20-13-15-12-18(14-19)9-6-8-16(18)22-15/h14-16H,6-13H2,1-5H3/t15-,16-,18-/m0/s1. The van der Waals surface area contributed by atoms with Crippen molar-refractivity contribution in [1.82, 2.24) is 0 Å². The van der Waals surface area contributed by atoms with Gasteiger partial charge in [0, 0.05) is 13.2 Å². The van der Waals surface area contributed by atoms with E-state index in [0.717, 1.165) is 45.0 Å². The van der Waals surface area contributed by atoms with Gasteiger partial charge in [0.05, 0.1) is 24.2 Å². The van der Waals surface area contributed by atoms with E-state index in [-0.39, 0.29) is 22.7 Å². The maximum Gasteiger partial charge on any atom is 0.191 e. The monoisotopic (exact) mass is 342 g/mol. The smallest absolute Gasteiger partial charge is 0.191 e. The van der Waals surface area contributed by atoms with Crippen molar-refractivity contribution in [1.29, 1.82) is 0 Å². The van der Waals surface area contributed by atoms with E-state index in [9.17, 15) is 4.79 Å². The van der Waals surface area contributed by atoms with E-state index in [4.69, 9.17) is 13.9 Å². The number of fused-ring (bicyclic) bond motifs is 1. The zero-order valence-corrected chi connectivity index (χ0v) is 16.5. The van der Waals surface area contributed by atoms with Crippen LogP contribution in [-0.4, -0.2) is 46.6 Å². The number of hydrogen-bond donors (Lipinski definition) is 0. The largest absolute Gasteiger partial charge is 0.417 e. The minimum absolute atomic E-state index is 0.0896. The summed E-state index contributed by atoms with van der Waals surface area (Å²) < 4.78 is 17.9. The Balaban J connectivity index is 1.60. The maximum atomic E-state index is 11.4. The first-order valence-electron chi connectivity index (χ1n) is 9.04. The maximum absolute atomic E-state index is 11.4. The first kappa shape index (κ1) is 19.1. The molecule has 0 aromatic carbocycles. The summed E-state index contributed by atoms with van der Waals surface area (Å²) in [7, 11) is -1.64. The number of aldehydes is 1. The van der Waals surface area contributed by atoms with Gasteiger partial charge in [0.25, 0.3) is 0 Å². The molecule has 5 heteroatoms. The predicted octanol–water partition coefficient (Wildman–Crippen LogP) is 3.94.